The Kier molecular flexibility index (Phi) is 3.53. The molecule has 0 aliphatic heterocycles. The van der Waals surface area contributed by atoms with Gasteiger partial charge < -0.3 is 5.32 Å². The molecule has 3 rings (SSSR count). The van der Waals surface area contributed by atoms with Crippen molar-refractivity contribution in [2.75, 3.05) is 5.32 Å². The van der Waals surface area contributed by atoms with Crippen molar-refractivity contribution < 1.29 is 0 Å². The zero-order valence-electron chi connectivity index (χ0n) is 10.4. The van der Waals surface area contributed by atoms with Gasteiger partial charge in [0, 0.05) is 4.47 Å². The minimum Gasteiger partial charge on any atom is -0.355 e. The van der Waals surface area contributed by atoms with Gasteiger partial charge >= 0.3 is 0 Å². The van der Waals surface area contributed by atoms with Gasteiger partial charge in [0.2, 0.25) is 0 Å². The molecule has 19 heavy (non-hydrogen) atoms. The molecule has 1 heterocycles. The van der Waals surface area contributed by atoms with Crippen molar-refractivity contribution in [2.45, 2.75) is 13.0 Å². The van der Waals surface area contributed by atoms with E-state index >= 15 is 0 Å². The Bertz CT molecular complexity index is 694. The first-order chi connectivity index (χ1) is 9.22. The molecule has 0 amide bonds. The maximum absolute atomic E-state index is 4.61. The van der Waals surface area contributed by atoms with E-state index < -0.39 is 0 Å². The molecule has 0 aliphatic rings. The topological polar surface area (TPSA) is 24.9 Å². The number of hydrogen-bond donors (Lipinski definition) is 1. The molecule has 0 radical (unpaired) electrons. The standard InChI is InChI=1S/C15H13BrN2S/c1-10(11-5-3-2-4-6-11)17-15-18-13-8-7-12(16)9-14(13)19-15/h2-10H,1H3,(H,17,18). The third kappa shape index (κ3) is 2.80. The smallest absolute Gasteiger partial charge is 0.184 e. The average molecular weight is 333 g/mol. The number of rotatable bonds is 3. The van der Waals surface area contributed by atoms with E-state index in [1.807, 2.05) is 18.2 Å². The van der Waals surface area contributed by atoms with Crippen LogP contribution in [0.15, 0.2) is 53.0 Å². The van der Waals surface area contributed by atoms with Gasteiger partial charge in [-0.3, -0.25) is 0 Å². The van der Waals surface area contributed by atoms with Crippen LogP contribution in [-0.2, 0) is 0 Å². The summed E-state index contributed by atoms with van der Waals surface area (Å²) in [7, 11) is 0. The summed E-state index contributed by atoms with van der Waals surface area (Å²) < 4.78 is 2.28. The number of nitrogens with zero attached hydrogens (tertiary/aromatic N) is 1. The van der Waals surface area contributed by atoms with Crippen LogP contribution < -0.4 is 5.32 Å². The van der Waals surface area contributed by atoms with Crippen molar-refractivity contribution in [3.8, 4) is 0 Å². The van der Waals surface area contributed by atoms with E-state index in [1.54, 1.807) is 11.3 Å². The molecule has 2 nitrogen and oxygen atoms in total. The lowest BCUT2D eigenvalue weighted by Gasteiger charge is -2.12. The normalized spacial score (nSPS) is 12.5. The number of thiazole rings is 1. The summed E-state index contributed by atoms with van der Waals surface area (Å²) in [5.41, 5.74) is 2.30. The van der Waals surface area contributed by atoms with Crippen molar-refractivity contribution >= 4 is 42.6 Å². The summed E-state index contributed by atoms with van der Waals surface area (Å²) in [6, 6.07) is 16.8. The lowest BCUT2D eigenvalue weighted by molar-refractivity contribution is 0.883. The quantitative estimate of drug-likeness (QED) is 0.710. The monoisotopic (exact) mass is 332 g/mol. The van der Waals surface area contributed by atoms with Crippen LogP contribution in [0.3, 0.4) is 0 Å². The Morgan fingerprint density at radius 1 is 1.16 bits per heavy atom. The van der Waals surface area contributed by atoms with E-state index in [4.69, 9.17) is 0 Å². The van der Waals surface area contributed by atoms with Crippen LogP contribution in [0.2, 0.25) is 0 Å². The van der Waals surface area contributed by atoms with Gasteiger partial charge in [0.1, 0.15) is 0 Å². The molecule has 2 aromatic carbocycles. The summed E-state index contributed by atoms with van der Waals surface area (Å²) in [5.74, 6) is 0. The SMILES string of the molecule is CC(Nc1nc2ccc(Br)cc2s1)c1ccccc1. The molecular weight excluding hydrogens is 320 g/mol. The molecule has 0 saturated carbocycles. The van der Waals surface area contributed by atoms with Crippen LogP contribution >= 0.6 is 27.3 Å². The second-order valence-corrected chi connectivity index (χ2v) is 6.35. The molecule has 4 heteroatoms. The van der Waals surface area contributed by atoms with E-state index in [0.29, 0.717) is 0 Å². The fourth-order valence-corrected chi connectivity index (χ4v) is 3.48. The molecule has 1 unspecified atom stereocenters. The average Bonchev–Trinajstić information content (AvgIpc) is 2.81. The van der Waals surface area contributed by atoms with E-state index in [9.17, 15) is 0 Å². The maximum atomic E-state index is 4.61. The van der Waals surface area contributed by atoms with E-state index in [1.165, 1.54) is 10.3 Å². The Balaban J connectivity index is 1.85. The number of aromatic nitrogens is 1. The fourth-order valence-electron chi connectivity index (χ4n) is 1.97. The van der Waals surface area contributed by atoms with Crippen LogP contribution in [0, 0.1) is 0 Å². The van der Waals surface area contributed by atoms with Crippen molar-refractivity contribution in [1.82, 2.24) is 4.98 Å². The van der Waals surface area contributed by atoms with Gasteiger partial charge in [0.25, 0.3) is 0 Å². The van der Waals surface area contributed by atoms with E-state index in [-0.39, 0.29) is 6.04 Å². The van der Waals surface area contributed by atoms with Gasteiger partial charge in [0.15, 0.2) is 5.13 Å². The largest absolute Gasteiger partial charge is 0.355 e. The zero-order valence-corrected chi connectivity index (χ0v) is 12.8. The number of nitrogens with one attached hydrogen (secondary N) is 1. The fraction of sp³-hybridized carbons (Fsp3) is 0.133. The molecule has 0 fully saturated rings. The van der Waals surface area contributed by atoms with E-state index in [0.717, 1.165) is 15.1 Å². The van der Waals surface area contributed by atoms with Crippen LogP contribution in [-0.4, -0.2) is 4.98 Å². The summed E-state index contributed by atoms with van der Waals surface area (Å²) >= 11 is 5.17. The van der Waals surface area contributed by atoms with Gasteiger partial charge in [-0.1, -0.05) is 57.6 Å². The summed E-state index contributed by atoms with van der Waals surface area (Å²) in [4.78, 5) is 4.61. The highest BCUT2D eigenvalue weighted by molar-refractivity contribution is 9.10. The minimum atomic E-state index is 0.255. The van der Waals surface area contributed by atoms with E-state index in [2.05, 4.69) is 63.5 Å². The first-order valence-corrected chi connectivity index (χ1v) is 7.71. The molecule has 3 aromatic rings. The highest BCUT2D eigenvalue weighted by Crippen LogP contribution is 2.30. The highest BCUT2D eigenvalue weighted by Gasteiger charge is 2.08. The molecular formula is C15H13BrN2S. The molecule has 0 aliphatic carbocycles. The Labute approximate surface area is 124 Å². The first-order valence-electron chi connectivity index (χ1n) is 6.10. The van der Waals surface area contributed by atoms with Gasteiger partial charge in [0.05, 0.1) is 16.3 Å². The molecule has 1 atom stereocenters. The summed E-state index contributed by atoms with van der Waals surface area (Å²) in [6.45, 7) is 2.15. The highest BCUT2D eigenvalue weighted by atomic mass is 79.9. The van der Waals surface area contributed by atoms with Gasteiger partial charge in [-0.2, -0.15) is 0 Å². The van der Waals surface area contributed by atoms with Crippen molar-refractivity contribution in [3.63, 3.8) is 0 Å². The first kappa shape index (κ1) is 12.6. The number of halogens is 1. The summed E-state index contributed by atoms with van der Waals surface area (Å²) in [6.07, 6.45) is 0. The zero-order chi connectivity index (χ0) is 13.2. The molecule has 0 spiro atoms. The van der Waals surface area contributed by atoms with Crippen LogP contribution in [0.5, 0.6) is 0 Å². The van der Waals surface area contributed by atoms with Gasteiger partial charge in [-0.15, -0.1) is 0 Å². The molecule has 96 valence electrons. The van der Waals surface area contributed by atoms with Crippen LogP contribution in [0.4, 0.5) is 5.13 Å². The number of hydrogen-bond acceptors (Lipinski definition) is 3. The minimum absolute atomic E-state index is 0.255. The number of benzene rings is 2. The third-order valence-corrected chi connectivity index (χ3v) is 4.43. The molecule has 0 bridgehead atoms. The number of anilines is 1. The Hall–Kier alpha value is -1.39. The second-order valence-electron chi connectivity index (χ2n) is 4.41. The second kappa shape index (κ2) is 5.31. The predicted molar refractivity (Wildman–Crippen MR) is 85.8 cm³/mol. The Morgan fingerprint density at radius 3 is 2.74 bits per heavy atom. The van der Waals surface area contributed by atoms with Crippen molar-refractivity contribution in [3.05, 3.63) is 58.6 Å². The molecule has 1 N–H and O–H groups in total. The molecule has 1 aromatic heterocycles. The van der Waals surface area contributed by atoms with Crippen LogP contribution in [0.1, 0.15) is 18.5 Å². The van der Waals surface area contributed by atoms with Crippen molar-refractivity contribution in [1.29, 1.82) is 0 Å². The maximum Gasteiger partial charge on any atom is 0.184 e. The predicted octanol–water partition coefficient (Wildman–Crippen LogP) is 5.23. The molecule has 0 saturated heterocycles. The van der Waals surface area contributed by atoms with Crippen molar-refractivity contribution in [2.24, 2.45) is 0 Å². The van der Waals surface area contributed by atoms with Crippen LogP contribution in [0.25, 0.3) is 10.2 Å². The van der Waals surface area contributed by atoms with Gasteiger partial charge in [-0.05, 0) is 30.7 Å². The number of fused-ring (bicyclic) bond motifs is 1. The lowest BCUT2D eigenvalue weighted by Crippen LogP contribution is -2.05. The van der Waals surface area contributed by atoms with Gasteiger partial charge in [-0.25, -0.2) is 4.98 Å². The summed E-state index contributed by atoms with van der Waals surface area (Å²) in [5, 5.41) is 4.42. The third-order valence-electron chi connectivity index (χ3n) is 2.99. The lowest BCUT2D eigenvalue weighted by atomic mass is 10.1. The Morgan fingerprint density at radius 2 is 1.95 bits per heavy atom.